The van der Waals surface area contributed by atoms with Crippen molar-refractivity contribution in [1.29, 1.82) is 0 Å². The second-order valence-corrected chi connectivity index (χ2v) is 5.59. The van der Waals surface area contributed by atoms with Gasteiger partial charge in [0.25, 0.3) is 5.56 Å². The fourth-order valence-corrected chi connectivity index (χ4v) is 2.46. The highest BCUT2D eigenvalue weighted by Gasteiger charge is 2.02. The molecule has 6 heteroatoms. The lowest BCUT2D eigenvalue weighted by molar-refractivity contribution is 0.301. The van der Waals surface area contributed by atoms with Crippen LogP contribution in [-0.2, 0) is 6.54 Å². The van der Waals surface area contributed by atoms with Gasteiger partial charge in [-0.2, -0.15) is 0 Å². The first-order valence-corrected chi connectivity index (χ1v) is 7.27. The van der Waals surface area contributed by atoms with Crippen LogP contribution in [0.1, 0.15) is 6.42 Å². The number of pyridine rings is 1. The molecular formula is C14H14BrClN2O2. The number of ether oxygens (including phenoxy) is 1. The summed E-state index contributed by atoms with van der Waals surface area (Å²) in [6.07, 6.45) is 2.32. The lowest BCUT2D eigenvalue weighted by Crippen LogP contribution is -2.20. The Morgan fingerprint density at radius 2 is 2.10 bits per heavy atom. The van der Waals surface area contributed by atoms with Crippen molar-refractivity contribution in [3.05, 3.63) is 56.4 Å². The van der Waals surface area contributed by atoms with Gasteiger partial charge in [0.2, 0.25) is 0 Å². The van der Waals surface area contributed by atoms with Crippen molar-refractivity contribution in [3.8, 4) is 5.75 Å². The van der Waals surface area contributed by atoms with E-state index in [9.17, 15) is 4.79 Å². The minimum atomic E-state index is -0.0686. The number of nitrogens with zero attached hydrogens (tertiary/aromatic N) is 1. The summed E-state index contributed by atoms with van der Waals surface area (Å²) in [5.41, 5.74) is 6.15. The molecule has 20 heavy (non-hydrogen) atoms. The third kappa shape index (κ3) is 4.02. The first-order chi connectivity index (χ1) is 9.56. The van der Waals surface area contributed by atoms with Crippen molar-refractivity contribution in [2.75, 3.05) is 12.3 Å². The van der Waals surface area contributed by atoms with E-state index in [0.29, 0.717) is 36.0 Å². The molecule has 0 unspecified atom stereocenters. The number of rotatable bonds is 5. The zero-order valence-corrected chi connectivity index (χ0v) is 13.0. The van der Waals surface area contributed by atoms with Crippen LogP contribution in [0, 0.1) is 0 Å². The zero-order valence-electron chi connectivity index (χ0n) is 10.7. The van der Waals surface area contributed by atoms with Crippen LogP contribution in [0.2, 0.25) is 5.02 Å². The molecule has 0 aliphatic carbocycles. The summed E-state index contributed by atoms with van der Waals surface area (Å²) in [6.45, 7) is 1.03. The molecule has 0 bridgehead atoms. The number of halogens is 2. The van der Waals surface area contributed by atoms with Crippen LogP contribution in [0.3, 0.4) is 0 Å². The fraction of sp³-hybridized carbons (Fsp3) is 0.214. The van der Waals surface area contributed by atoms with Crippen molar-refractivity contribution in [3.63, 3.8) is 0 Å². The van der Waals surface area contributed by atoms with Crippen molar-refractivity contribution < 1.29 is 4.74 Å². The molecule has 0 saturated carbocycles. The van der Waals surface area contributed by atoms with Crippen LogP contribution in [0.4, 0.5) is 5.69 Å². The van der Waals surface area contributed by atoms with Crippen LogP contribution in [0.25, 0.3) is 0 Å². The molecule has 0 aliphatic heterocycles. The van der Waals surface area contributed by atoms with Crippen molar-refractivity contribution in [2.45, 2.75) is 13.0 Å². The van der Waals surface area contributed by atoms with Gasteiger partial charge in [-0.25, -0.2) is 0 Å². The summed E-state index contributed by atoms with van der Waals surface area (Å²) in [5, 5.41) is 0.556. The van der Waals surface area contributed by atoms with Gasteiger partial charge in [-0.3, -0.25) is 4.79 Å². The molecule has 1 heterocycles. The van der Waals surface area contributed by atoms with E-state index in [1.54, 1.807) is 29.0 Å². The van der Waals surface area contributed by atoms with Gasteiger partial charge >= 0.3 is 0 Å². The predicted octanol–water partition coefficient (Wildman–Crippen LogP) is 3.32. The SMILES string of the molecule is Nc1ccc(=O)n(CCCOc2ccc(Br)cc2Cl)c1. The quantitative estimate of drug-likeness (QED) is 0.835. The number of hydrogen-bond donors (Lipinski definition) is 1. The van der Waals surface area contributed by atoms with Gasteiger partial charge in [0.15, 0.2) is 0 Å². The number of aromatic nitrogens is 1. The maximum absolute atomic E-state index is 11.6. The molecule has 2 rings (SSSR count). The standard InChI is InChI=1S/C14H14BrClN2O2/c15-10-2-4-13(12(16)8-10)20-7-1-6-18-9-11(17)3-5-14(18)19/h2-5,8-9H,1,6-7,17H2. The predicted molar refractivity (Wildman–Crippen MR) is 84.4 cm³/mol. The molecule has 1 aromatic heterocycles. The molecule has 1 aromatic carbocycles. The minimum absolute atomic E-state index is 0.0686. The van der Waals surface area contributed by atoms with Gasteiger partial charge in [-0.1, -0.05) is 27.5 Å². The Balaban J connectivity index is 1.87. The topological polar surface area (TPSA) is 57.2 Å². The monoisotopic (exact) mass is 356 g/mol. The fourth-order valence-electron chi connectivity index (χ4n) is 1.73. The Morgan fingerprint density at radius 3 is 2.85 bits per heavy atom. The normalized spacial score (nSPS) is 10.5. The van der Waals surface area contributed by atoms with E-state index in [4.69, 9.17) is 22.1 Å². The first-order valence-electron chi connectivity index (χ1n) is 6.10. The second-order valence-electron chi connectivity index (χ2n) is 4.27. The summed E-state index contributed by atoms with van der Waals surface area (Å²) < 4.78 is 8.06. The van der Waals surface area contributed by atoms with Crippen LogP contribution in [-0.4, -0.2) is 11.2 Å². The molecule has 106 valence electrons. The Bertz CT molecular complexity index is 658. The number of anilines is 1. The van der Waals surface area contributed by atoms with Gasteiger partial charge in [-0.05, 0) is 30.7 Å². The Labute approximate surface area is 130 Å². The van der Waals surface area contributed by atoms with Crippen molar-refractivity contribution >= 4 is 33.2 Å². The average Bonchev–Trinajstić information content (AvgIpc) is 2.40. The second kappa shape index (κ2) is 6.81. The van der Waals surface area contributed by atoms with Gasteiger partial charge in [0, 0.05) is 29.0 Å². The summed E-state index contributed by atoms with van der Waals surface area (Å²) >= 11 is 9.38. The van der Waals surface area contributed by atoms with Gasteiger partial charge in [0.05, 0.1) is 11.6 Å². The van der Waals surface area contributed by atoms with E-state index in [1.807, 2.05) is 6.07 Å². The lowest BCUT2D eigenvalue weighted by atomic mass is 10.3. The van der Waals surface area contributed by atoms with Crippen molar-refractivity contribution in [1.82, 2.24) is 4.57 Å². The highest BCUT2D eigenvalue weighted by molar-refractivity contribution is 9.10. The Kier molecular flexibility index (Phi) is 5.09. The van der Waals surface area contributed by atoms with E-state index in [0.717, 1.165) is 4.47 Å². The molecule has 0 radical (unpaired) electrons. The van der Waals surface area contributed by atoms with E-state index in [1.165, 1.54) is 6.07 Å². The molecule has 0 saturated heterocycles. The summed E-state index contributed by atoms with van der Waals surface area (Å²) in [6, 6.07) is 8.50. The summed E-state index contributed by atoms with van der Waals surface area (Å²) in [5.74, 6) is 0.634. The molecule has 0 amide bonds. The van der Waals surface area contributed by atoms with Gasteiger partial charge < -0.3 is 15.0 Å². The molecule has 0 atom stereocenters. The third-order valence-electron chi connectivity index (χ3n) is 2.70. The number of aryl methyl sites for hydroxylation is 1. The zero-order chi connectivity index (χ0) is 14.5. The lowest BCUT2D eigenvalue weighted by Gasteiger charge is -2.09. The maximum atomic E-state index is 11.6. The van der Waals surface area contributed by atoms with Crippen LogP contribution in [0.5, 0.6) is 5.75 Å². The largest absolute Gasteiger partial charge is 0.492 e. The highest BCUT2D eigenvalue weighted by atomic mass is 79.9. The van der Waals surface area contributed by atoms with E-state index in [-0.39, 0.29) is 5.56 Å². The molecule has 2 aromatic rings. The average molecular weight is 358 g/mol. The highest BCUT2D eigenvalue weighted by Crippen LogP contribution is 2.27. The smallest absolute Gasteiger partial charge is 0.250 e. The number of hydrogen-bond acceptors (Lipinski definition) is 3. The first kappa shape index (κ1) is 14.9. The summed E-state index contributed by atoms with van der Waals surface area (Å²) in [7, 11) is 0. The van der Waals surface area contributed by atoms with Crippen LogP contribution < -0.4 is 16.0 Å². The number of nitrogen functional groups attached to an aromatic ring is 1. The van der Waals surface area contributed by atoms with E-state index < -0.39 is 0 Å². The van der Waals surface area contributed by atoms with Gasteiger partial charge in [-0.15, -0.1) is 0 Å². The maximum Gasteiger partial charge on any atom is 0.250 e. The van der Waals surface area contributed by atoms with E-state index >= 15 is 0 Å². The molecular weight excluding hydrogens is 344 g/mol. The van der Waals surface area contributed by atoms with E-state index in [2.05, 4.69) is 15.9 Å². The number of nitrogens with two attached hydrogens (primary N) is 1. The molecule has 4 nitrogen and oxygen atoms in total. The minimum Gasteiger partial charge on any atom is -0.492 e. The molecule has 0 aliphatic rings. The third-order valence-corrected chi connectivity index (χ3v) is 3.49. The molecule has 0 spiro atoms. The molecule has 0 fully saturated rings. The van der Waals surface area contributed by atoms with Crippen LogP contribution in [0.15, 0.2) is 45.8 Å². The Hall–Kier alpha value is -1.46. The Morgan fingerprint density at radius 1 is 1.30 bits per heavy atom. The van der Waals surface area contributed by atoms with Crippen LogP contribution >= 0.6 is 27.5 Å². The summed E-state index contributed by atoms with van der Waals surface area (Å²) in [4.78, 5) is 11.6. The van der Waals surface area contributed by atoms with Gasteiger partial charge in [0.1, 0.15) is 5.75 Å². The molecule has 2 N–H and O–H groups in total. The van der Waals surface area contributed by atoms with Crippen molar-refractivity contribution in [2.24, 2.45) is 0 Å². The number of benzene rings is 1.